The highest BCUT2D eigenvalue weighted by Crippen LogP contribution is 2.32. The molecule has 2 heterocycles. The third-order valence-electron chi connectivity index (χ3n) is 3.09. The van der Waals surface area contributed by atoms with Crippen LogP contribution in [0.25, 0.3) is 0 Å². The van der Waals surface area contributed by atoms with Crippen LogP contribution in [-0.2, 0) is 4.79 Å². The Balaban J connectivity index is 1.71. The van der Waals surface area contributed by atoms with Gasteiger partial charge in [-0.15, -0.1) is 0 Å². The van der Waals surface area contributed by atoms with Gasteiger partial charge in [-0.1, -0.05) is 5.92 Å². The van der Waals surface area contributed by atoms with Gasteiger partial charge in [0.15, 0.2) is 11.5 Å². The average Bonchev–Trinajstić information content (AvgIpc) is 2.93. The third kappa shape index (κ3) is 2.64. The summed E-state index contributed by atoms with van der Waals surface area (Å²) in [6, 6.07) is 5.42. The van der Waals surface area contributed by atoms with E-state index in [4.69, 9.17) is 9.47 Å². The molecule has 0 aromatic heterocycles. The lowest BCUT2D eigenvalue weighted by Gasteiger charge is -2.25. The van der Waals surface area contributed by atoms with Gasteiger partial charge in [-0.2, -0.15) is 0 Å². The van der Waals surface area contributed by atoms with Gasteiger partial charge in [0.1, 0.15) is 0 Å². The lowest BCUT2D eigenvalue weighted by atomic mass is 10.2. The number of ether oxygens (including phenoxy) is 2. The Morgan fingerprint density at radius 3 is 2.84 bits per heavy atom. The molecule has 1 amide bonds. The minimum Gasteiger partial charge on any atom is -0.454 e. The van der Waals surface area contributed by atoms with Crippen LogP contribution in [0.2, 0.25) is 0 Å². The van der Waals surface area contributed by atoms with Crippen molar-refractivity contribution in [1.29, 1.82) is 0 Å². The summed E-state index contributed by atoms with van der Waals surface area (Å²) in [5, 5.41) is 3.20. The van der Waals surface area contributed by atoms with E-state index in [0.717, 1.165) is 24.4 Å². The average molecular weight is 258 g/mol. The highest BCUT2D eigenvalue weighted by atomic mass is 16.7. The summed E-state index contributed by atoms with van der Waals surface area (Å²) in [4.78, 5) is 13.6. The van der Waals surface area contributed by atoms with Crippen LogP contribution in [0.15, 0.2) is 18.2 Å². The molecule has 1 aromatic rings. The van der Waals surface area contributed by atoms with Gasteiger partial charge in [-0.25, -0.2) is 0 Å². The zero-order valence-corrected chi connectivity index (χ0v) is 10.4. The lowest BCUT2D eigenvalue weighted by Crippen LogP contribution is -2.46. The summed E-state index contributed by atoms with van der Waals surface area (Å²) < 4.78 is 10.5. The fraction of sp³-hybridized carbons (Fsp3) is 0.357. The van der Waals surface area contributed by atoms with Gasteiger partial charge in [0.25, 0.3) is 5.91 Å². The normalized spacial score (nSPS) is 16.7. The van der Waals surface area contributed by atoms with Gasteiger partial charge in [-0.05, 0) is 18.2 Å². The van der Waals surface area contributed by atoms with Gasteiger partial charge in [0.2, 0.25) is 6.79 Å². The predicted molar refractivity (Wildman–Crippen MR) is 68.9 cm³/mol. The first kappa shape index (κ1) is 11.9. The Morgan fingerprint density at radius 1 is 1.21 bits per heavy atom. The van der Waals surface area contributed by atoms with Crippen molar-refractivity contribution >= 4 is 5.91 Å². The van der Waals surface area contributed by atoms with Crippen LogP contribution in [0.5, 0.6) is 11.5 Å². The first-order chi connectivity index (χ1) is 9.33. The fourth-order valence-electron chi connectivity index (χ4n) is 2.05. The second kappa shape index (κ2) is 5.21. The fourth-order valence-corrected chi connectivity index (χ4v) is 2.05. The molecule has 5 heteroatoms. The molecule has 1 fully saturated rings. The molecule has 0 saturated carbocycles. The molecule has 3 rings (SSSR count). The SMILES string of the molecule is O=C(C#Cc1ccc2c(c1)OCO2)N1CCNCC1. The number of rotatable bonds is 0. The molecular formula is C14H14N2O3. The van der Waals surface area contributed by atoms with E-state index in [9.17, 15) is 4.79 Å². The Bertz CT molecular complexity index is 554. The highest BCUT2D eigenvalue weighted by molar-refractivity contribution is 5.94. The molecule has 1 saturated heterocycles. The zero-order valence-electron chi connectivity index (χ0n) is 10.4. The smallest absolute Gasteiger partial charge is 0.298 e. The molecule has 2 aliphatic rings. The number of benzene rings is 1. The van der Waals surface area contributed by atoms with Gasteiger partial charge in [0.05, 0.1) is 0 Å². The number of fused-ring (bicyclic) bond motifs is 1. The Labute approximate surface area is 111 Å². The molecule has 0 atom stereocenters. The number of hydrogen-bond donors (Lipinski definition) is 1. The van der Waals surface area contributed by atoms with E-state index in [1.54, 1.807) is 11.0 Å². The van der Waals surface area contributed by atoms with Crippen LogP contribution in [0.4, 0.5) is 0 Å². The number of amides is 1. The van der Waals surface area contributed by atoms with E-state index >= 15 is 0 Å². The van der Waals surface area contributed by atoms with Crippen LogP contribution in [0.3, 0.4) is 0 Å². The van der Waals surface area contributed by atoms with Crippen molar-refractivity contribution in [3.05, 3.63) is 23.8 Å². The Hall–Kier alpha value is -2.19. The van der Waals surface area contributed by atoms with E-state index in [2.05, 4.69) is 17.2 Å². The van der Waals surface area contributed by atoms with Crippen LogP contribution >= 0.6 is 0 Å². The minimum atomic E-state index is -0.126. The molecule has 0 bridgehead atoms. The highest BCUT2D eigenvalue weighted by Gasteiger charge is 2.14. The van der Waals surface area contributed by atoms with E-state index in [1.165, 1.54) is 0 Å². The molecule has 19 heavy (non-hydrogen) atoms. The molecule has 0 unspecified atom stereocenters. The summed E-state index contributed by atoms with van der Waals surface area (Å²) in [6.45, 7) is 3.34. The maximum atomic E-state index is 11.9. The summed E-state index contributed by atoms with van der Waals surface area (Å²) >= 11 is 0. The second-order valence-corrected chi connectivity index (χ2v) is 4.36. The van der Waals surface area contributed by atoms with Crippen molar-refractivity contribution < 1.29 is 14.3 Å². The lowest BCUT2D eigenvalue weighted by molar-refractivity contribution is -0.125. The van der Waals surface area contributed by atoms with Crippen LogP contribution in [-0.4, -0.2) is 43.8 Å². The Morgan fingerprint density at radius 2 is 2.00 bits per heavy atom. The standard InChI is InChI=1S/C14H14N2O3/c17-14(16-7-5-15-6-8-16)4-2-11-1-3-12-13(9-11)19-10-18-12/h1,3,9,15H,5-8,10H2. The molecule has 0 spiro atoms. The van der Waals surface area contributed by atoms with Crippen molar-refractivity contribution in [1.82, 2.24) is 10.2 Å². The van der Waals surface area contributed by atoms with E-state index < -0.39 is 0 Å². The van der Waals surface area contributed by atoms with E-state index in [0.29, 0.717) is 18.8 Å². The predicted octanol–water partition coefficient (Wildman–Crippen LogP) is 0.199. The maximum absolute atomic E-state index is 11.9. The number of nitrogens with zero attached hydrogens (tertiary/aromatic N) is 1. The maximum Gasteiger partial charge on any atom is 0.298 e. The molecular weight excluding hydrogens is 244 g/mol. The van der Waals surface area contributed by atoms with E-state index in [-0.39, 0.29) is 12.7 Å². The molecule has 2 aliphatic heterocycles. The molecule has 5 nitrogen and oxygen atoms in total. The van der Waals surface area contributed by atoms with Gasteiger partial charge < -0.3 is 19.7 Å². The second-order valence-electron chi connectivity index (χ2n) is 4.36. The number of carbonyl (C=O) groups is 1. The summed E-state index contributed by atoms with van der Waals surface area (Å²) in [5.74, 6) is 6.82. The number of carbonyl (C=O) groups excluding carboxylic acids is 1. The topological polar surface area (TPSA) is 50.8 Å². The third-order valence-corrected chi connectivity index (χ3v) is 3.09. The van der Waals surface area contributed by atoms with Crippen molar-refractivity contribution in [2.75, 3.05) is 33.0 Å². The minimum absolute atomic E-state index is 0.126. The van der Waals surface area contributed by atoms with Gasteiger partial charge >= 0.3 is 0 Å². The first-order valence-corrected chi connectivity index (χ1v) is 6.24. The van der Waals surface area contributed by atoms with Crippen molar-refractivity contribution in [2.24, 2.45) is 0 Å². The van der Waals surface area contributed by atoms with Crippen molar-refractivity contribution in [3.63, 3.8) is 0 Å². The van der Waals surface area contributed by atoms with Crippen LogP contribution in [0.1, 0.15) is 5.56 Å². The summed E-state index contributed by atoms with van der Waals surface area (Å²) in [6.07, 6.45) is 0. The molecule has 98 valence electrons. The van der Waals surface area contributed by atoms with Crippen LogP contribution < -0.4 is 14.8 Å². The van der Waals surface area contributed by atoms with Crippen LogP contribution in [0, 0.1) is 11.8 Å². The molecule has 0 aliphatic carbocycles. The first-order valence-electron chi connectivity index (χ1n) is 6.24. The Kier molecular flexibility index (Phi) is 3.25. The van der Waals surface area contributed by atoms with Crippen molar-refractivity contribution in [3.8, 4) is 23.3 Å². The van der Waals surface area contributed by atoms with Gasteiger partial charge in [0, 0.05) is 37.7 Å². The quantitative estimate of drug-likeness (QED) is 0.675. The van der Waals surface area contributed by atoms with Gasteiger partial charge in [-0.3, -0.25) is 4.79 Å². The number of piperazine rings is 1. The zero-order chi connectivity index (χ0) is 13.1. The summed E-state index contributed by atoms with van der Waals surface area (Å²) in [7, 11) is 0. The summed E-state index contributed by atoms with van der Waals surface area (Å²) in [5.41, 5.74) is 0.757. The van der Waals surface area contributed by atoms with E-state index in [1.807, 2.05) is 12.1 Å². The molecule has 1 N–H and O–H groups in total. The molecule has 1 aromatic carbocycles. The number of hydrogen-bond acceptors (Lipinski definition) is 4. The largest absolute Gasteiger partial charge is 0.454 e. The molecule has 0 radical (unpaired) electrons. The number of nitrogens with one attached hydrogen (secondary N) is 1. The van der Waals surface area contributed by atoms with Crippen molar-refractivity contribution in [2.45, 2.75) is 0 Å². The monoisotopic (exact) mass is 258 g/mol.